The zero-order chi connectivity index (χ0) is 17.7. The first kappa shape index (κ1) is 18.9. The van der Waals surface area contributed by atoms with E-state index in [1.54, 1.807) is 0 Å². The van der Waals surface area contributed by atoms with Crippen molar-refractivity contribution in [3.05, 3.63) is 29.3 Å². The Labute approximate surface area is 146 Å². The number of aliphatic hydroxyl groups excluding tert-OH is 1. The summed E-state index contributed by atoms with van der Waals surface area (Å²) in [6, 6.07) is 6.37. The van der Waals surface area contributed by atoms with Gasteiger partial charge in [-0.15, -0.1) is 0 Å². The van der Waals surface area contributed by atoms with Gasteiger partial charge in [0.1, 0.15) is 0 Å². The van der Waals surface area contributed by atoms with Crippen molar-refractivity contribution in [1.82, 2.24) is 4.90 Å². The summed E-state index contributed by atoms with van der Waals surface area (Å²) < 4.78 is 0. The number of hydrogen-bond donors (Lipinski definition) is 2. The minimum absolute atomic E-state index is 0.0584. The normalized spacial score (nSPS) is 20.8. The van der Waals surface area contributed by atoms with Crippen molar-refractivity contribution in [2.75, 3.05) is 11.9 Å². The fraction of sp³-hybridized carbons (Fsp3) is 0.650. The maximum atomic E-state index is 12.9. The van der Waals surface area contributed by atoms with Crippen LogP contribution in [-0.4, -0.2) is 40.6 Å². The van der Waals surface area contributed by atoms with Gasteiger partial charge in [-0.25, -0.2) is 0 Å². The van der Waals surface area contributed by atoms with E-state index in [2.05, 4.69) is 42.3 Å². The number of carbonyl (C=O) groups excluding carboxylic acids is 1. The molecule has 24 heavy (non-hydrogen) atoms. The number of aliphatic hydroxyl groups is 1. The van der Waals surface area contributed by atoms with E-state index in [-0.39, 0.29) is 18.1 Å². The Bertz CT molecular complexity index is 534. The predicted molar refractivity (Wildman–Crippen MR) is 99.3 cm³/mol. The fourth-order valence-electron chi connectivity index (χ4n) is 3.80. The second kappa shape index (κ2) is 8.63. The van der Waals surface area contributed by atoms with Gasteiger partial charge < -0.3 is 10.4 Å². The third kappa shape index (κ3) is 4.37. The molecule has 1 aromatic rings. The third-order valence-corrected chi connectivity index (χ3v) is 5.16. The summed E-state index contributed by atoms with van der Waals surface area (Å²) in [4.78, 5) is 15.1. The lowest BCUT2D eigenvalue weighted by atomic mass is 10.0. The summed E-state index contributed by atoms with van der Waals surface area (Å²) in [6.45, 7) is 8.98. The van der Waals surface area contributed by atoms with Crippen LogP contribution in [0.3, 0.4) is 0 Å². The number of hydrogen-bond acceptors (Lipinski definition) is 3. The van der Waals surface area contributed by atoms with E-state index >= 15 is 0 Å². The molecule has 1 aromatic carbocycles. The Hall–Kier alpha value is -1.39. The van der Waals surface area contributed by atoms with Crippen LogP contribution in [0, 0.1) is 0 Å². The molecule has 0 bridgehead atoms. The average Bonchev–Trinajstić information content (AvgIpc) is 3.01. The largest absolute Gasteiger partial charge is 0.393 e. The summed E-state index contributed by atoms with van der Waals surface area (Å²) in [5.74, 6) is 0.0584. The summed E-state index contributed by atoms with van der Waals surface area (Å²) >= 11 is 0. The molecular formula is C20H32N2O2. The molecule has 134 valence electrons. The molecule has 4 heteroatoms. The molecule has 2 N–H and O–H groups in total. The van der Waals surface area contributed by atoms with Gasteiger partial charge in [0, 0.05) is 11.7 Å². The molecule has 1 heterocycles. The molecule has 3 atom stereocenters. The highest BCUT2D eigenvalue weighted by molar-refractivity contribution is 5.96. The minimum atomic E-state index is -0.321. The van der Waals surface area contributed by atoms with Gasteiger partial charge in [-0.1, -0.05) is 32.0 Å². The van der Waals surface area contributed by atoms with E-state index in [1.165, 1.54) is 11.1 Å². The molecule has 3 unspecified atom stereocenters. The molecule has 1 aliphatic heterocycles. The third-order valence-electron chi connectivity index (χ3n) is 5.16. The van der Waals surface area contributed by atoms with Gasteiger partial charge in [0.2, 0.25) is 5.91 Å². The first-order chi connectivity index (χ1) is 11.5. The van der Waals surface area contributed by atoms with Crippen LogP contribution in [0.25, 0.3) is 0 Å². The molecule has 2 rings (SSSR count). The van der Waals surface area contributed by atoms with Crippen molar-refractivity contribution in [2.45, 2.75) is 78.0 Å². The van der Waals surface area contributed by atoms with Gasteiger partial charge in [0.25, 0.3) is 0 Å². The molecule has 0 radical (unpaired) electrons. The molecule has 0 aromatic heterocycles. The van der Waals surface area contributed by atoms with Crippen molar-refractivity contribution in [1.29, 1.82) is 0 Å². The molecule has 1 saturated heterocycles. The van der Waals surface area contributed by atoms with Gasteiger partial charge in [0.15, 0.2) is 0 Å². The lowest BCUT2D eigenvalue weighted by Gasteiger charge is -2.31. The second-order valence-electron chi connectivity index (χ2n) is 6.94. The maximum Gasteiger partial charge on any atom is 0.241 e. The number of nitrogens with one attached hydrogen (secondary N) is 1. The minimum Gasteiger partial charge on any atom is -0.393 e. The number of nitrogens with zero attached hydrogens (tertiary/aromatic N) is 1. The zero-order valence-corrected chi connectivity index (χ0v) is 15.5. The summed E-state index contributed by atoms with van der Waals surface area (Å²) in [5, 5.41) is 12.9. The Balaban J connectivity index is 2.12. The van der Waals surface area contributed by atoms with Crippen molar-refractivity contribution < 1.29 is 9.90 Å². The van der Waals surface area contributed by atoms with Crippen LogP contribution in [0.2, 0.25) is 0 Å². The monoisotopic (exact) mass is 332 g/mol. The number of carbonyl (C=O) groups is 1. The molecule has 4 nitrogen and oxygen atoms in total. The van der Waals surface area contributed by atoms with Gasteiger partial charge in [-0.3, -0.25) is 9.69 Å². The SMILES string of the molecule is CCc1cccc(CC)c1NC(=O)C(C)N1CCCC1CC(C)O. The first-order valence-corrected chi connectivity index (χ1v) is 9.33. The molecule has 0 saturated carbocycles. The van der Waals surface area contributed by atoms with Crippen molar-refractivity contribution >= 4 is 11.6 Å². The number of benzene rings is 1. The Morgan fingerprint density at radius 1 is 1.29 bits per heavy atom. The van der Waals surface area contributed by atoms with Gasteiger partial charge in [-0.05, 0) is 63.6 Å². The van der Waals surface area contributed by atoms with Crippen molar-refractivity contribution in [2.24, 2.45) is 0 Å². The predicted octanol–water partition coefficient (Wildman–Crippen LogP) is 3.37. The zero-order valence-electron chi connectivity index (χ0n) is 15.5. The second-order valence-corrected chi connectivity index (χ2v) is 6.94. The summed E-state index contributed by atoms with van der Waals surface area (Å²) in [6.07, 6.45) is 4.40. The molecule has 1 aliphatic rings. The van der Waals surface area contributed by atoms with Crippen LogP contribution >= 0.6 is 0 Å². The number of para-hydroxylation sites is 1. The Morgan fingerprint density at radius 2 is 1.92 bits per heavy atom. The van der Waals surface area contributed by atoms with Crippen LogP contribution in [0.5, 0.6) is 0 Å². The van der Waals surface area contributed by atoms with E-state index in [0.717, 1.165) is 44.3 Å². The van der Waals surface area contributed by atoms with Crippen LogP contribution in [0.1, 0.15) is 58.1 Å². The van der Waals surface area contributed by atoms with Crippen LogP contribution in [0.15, 0.2) is 18.2 Å². The number of rotatable bonds is 7. The number of aryl methyl sites for hydroxylation is 2. The van der Waals surface area contributed by atoms with Crippen LogP contribution in [0.4, 0.5) is 5.69 Å². The standard InChI is InChI=1S/C20H32N2O2/c1-5-16-9-7-10-17(6-2)19(16)21-20(24)15(4)22-12-8-11-18(22)13-14(3)23/h7,9-10,14-15,18,23H,5-6,8,11-13H2,1-4H3,(H,21,24). The molecule has 1 fully saturated rings. The van der Waals surface area contributed by atoms with E-state index < -0.39 is 0 Å². The lowest BCUT2D eigenvalue weighted by Crippen LogP contribution is -2.45. The molecule has 1 amide bonds. The van der Waals surface area contributed by atoms with Gasteiger partial charge in [-0.2, -0.15) is 0 Å². The van der Waals surface area contributed by atoms with E-state index in [0.29, 0.717) is 6.04 Å². The quantitative estimate of drug-likeness (QED) is 0.805. The highest BCUT2D eigenvalue weighted by Crippen LogP contribution is 2.26. The fourth-order valence-corrected chi connectivity index (χ4v) is 3.80. The lowest BCUT2D eigenvalue weighted by molar-refractivity contribution is -0.121. The smallest absolute Gasteiger partial charge is 0.241 e. The van der Waals surface area contributed by atoms with Crippen molar-refractivity contribution in [3.8, 4) is 0 Å². The van der Waals surface area contributed by atoms with E-state index in [4.69, 9.17) is 0 Å². The molecular weight excluding hydrogens is 300 g/mol. The van der Waals surface area contributed by atoms with Gasteiger partial charge in [0.05, 0.1) is 12.1 Å². The summed E-state index contributed by atoms with van der Waals surface area (Å²) in [5.41, 5.74) is 3.37. The first-order valence-electron chi connectivity index (χ1n) is 9.33. The Kier molecular flexibility index (Phi) is 6.81. The summed E-state index contributed by atoms with van der Waals surface area (Å²) in [7, 11) is 0. The number of anilines is 1. The average molecular weight is 332 g/mol. The van der Waals surface area contributed by atoms with Crippen LogP contribution < -0.4 is 5.32 Å². The van der Waals surface area contributed by atoms with E-state index in [1.807, 2.05) is 13.8 Å². The number of amides is 1. The Morgan fingerprint density at radius 3 is 2.46 bits per heavy atom. The molecule has 0 spiro atoms. The van der Waals surface area contributed by atoms with Crippen LogP contribution in [-0.2, 0) is 17.6 Å². The topological polar surface area (TPSA) is 52.6 Å². The highest BCUT2D eigenvalue weighted by atomic mass is 16.3. The maximum absolute atomic E-state index is 12.9. The highest BCUT2D eigenvalue weighted by Gasteiger charge is 2.32. The van der Waals surface area contributed by atoms with Gasteiger partial charge >= 0.3 is 0 Å². The van der Waals surface area contributed by atoms with Crippen molar-refractivity contribution in [3.63, 3.8) is 0 Å². The van der Waals surface area contributed by atoms with E-state index in [9.17, 15) is 9.90 Å². The number of likely N-dealkylation sites (tertiary alicyclic amines) is 1. The molecule has 0 aliphatic carbocycles.